The molecule has 2 rings (SSSR count). The average Bonchev–Trinajstić information content (AvgIpc) is 2.38. The Morgan fingerprint density at radius 2 is 2.00 bits per heavy atom. The average molecular weight is 249 g/mol. The molecule has 1 aliphatic carbocycles. The topological polar surface area (TPSA) is 30.5 Å². The lowest BCUT2D eigenvalue weighted by Gasteiger charge is -2.37. The number of ether oxygens (including phenoxy) is 2. The highest BCUT2D eigenvalue weighted by Gasteiger charge is 2.30. The predicted molar refractivity (Wildman–Crippen MR) is 73.0 cm³/mol. The molecule has 0 aliphatic heterocycles. The second kappa shape index (κ2) is 6.21. The molecule has 1 fully saturated rings. The van der Waals surface area contributed by atoms with E-state index in [2.05, 4.69) is 24.4 Å². The third kappa shape index (κ3) is 2.85. The smallest absolute Gasteiger partial charge is 0.123 e. The second-order valence-electron chi connectivity index (χ2n) is 4.90. The molecule has 1 aliphatic rings. The van der Waals surface area contributed by atoms with E-state index in [-0.39, 0.29) is 0 Å². The molecule has 3 nitrogen and oxygen atoms in total. The molecule has 1 aromatic carbocycles. The van der Waals surface area contributed by atoms with Gasteiger partial charge in [0.2, 0.25) is 0 Å². The number of benzene rings is 1. The maximum absolute atomic E-state index is 5.44. The van der Waals surface area contributed by atoms with Gasteiger partial charge in [0.15, 0.2) is 0 Å². The van der Waals surface area contributed by atoms with Crippen molar-refractivity contribution in [1.29, 1.82) is 0 Å². The zero-order valence-electron chi connectivity index (χ0n) is 11.5. The van der Waals surface area contributed by atoms with Crippen molar-refractivity contribution in [2.75, 3.05) is 14.2 Å². The molecular formula is C15H23NO2. The molecule has 1 atom stereocenters. The summed E-state index contributed by atoms with van der Waals surface area (Å²) in [5.41, 5.74) is 1.25. The van der Waals surface area contributed by atoms with E-state index in [0.29, 0.717) is 18.2 Å². The standard InChI is InChI=1S/C15H23NO2/c1-4-14(16-11-9-12(10-11)17-2)13-7-5-6-8-15(13)18-3/h5-8,11-12,14,16H,4,9-10H2,1-3H3. The van der Waals surface area contributed by atoms with Crippen LogP contribution in [0, 0.1) is 0 Å². The summed E-state index contributed by atoms with van der Waals surface area (Å²) in [7, 11) is 3.52. The molecule has 0 spiro atoms. The van der Waals surface area contributed by atoms with Crippen LogP contribution in [0.5, 0.6) is 5.75 Å². The van der Waals surface area contributed by atoms with Gasteiger partial charge in [-0.2, -0.15) is 0 Å². The van der Waals surface area contributed by atoms with Gasteiger partial charge < -0.3 is 14.8 Å². The summed E-state index contributed by atoms with van der Waals surface area (Å²) in [4.78, 5) is 0. The molecule has 0 saturated heterocycles. The third-order valence-electron chi connectivity index (χ3n) is 3.79. The predicted octanol–water partition coefficient (Wildman–Crippen LogP) is 2.91. The minimum atomic E-state index is 0.365. The Labute approximate surface area is 109 Å². The van der Waals surface area contributed by atoms with Crippen molar-refractivity contribution >= 4 is 0 Å². The SMILES string of the molecule is CCC(NC1CC(OC)C1)c1ccccc1OC. The van der Waals surface area contributed by atoms with Crippen molar-refractivity contribution in [3.63, 3.8) is 0 Å². The molecule has 0 aromatic heterocycles. The van der Waals surface area contributed by atoms with E-state index >= 15 is 0 Å². The van der Waals surface area contributed by atoms with Gasteiger partial charge in [-0.15, -0.1) is 0 Å². The lowest BCUT2D eigenvalue weighted by Crippen LogP contribution is -2.46. The number of nitrogens with one attached hydrogen (secondary N) is 1. The maximum atomic E-state index is 5.44. The number of methoxy groups -OCH3 is 2. The van der Waals surface area contributed by atoms with Gasteiger partial charge in [-0.3, -0.25) is 0 Å². The highest BCUT2D eigenvalue weighted by molar-refractivity contribution is 5.35. The van der Waals surface area contributed by atoms with Gasteiger partial charge in [0.25, 0.3) is 0 Å². The molecular weight excluding hydrogens is 226 g/mol. The Kier molecular flexibility index (Phi) is 4.61. The van der Waals surface area contributed by atoms with E-state index in [1.54, 1.807) is 14.2 Å². The molecule has 1 aromatic rings. The van der Waals surface area contributed by atoms with Crippen LogP contribution in [0.3, 0.4) is 0 Å². The fourth-order valence-corrected chi connectivity index (χ4v) is 2.56. The van der Waals surface area contributed by atoms with Crippen LogP contribution in [0.2, 0.25) is 0 Å². The largest absolute Gasteiger partial charge is 0.496 e. The lowest BCUT2D eigenvalue weighted by atomic mass is 9.87. The van der Waals surface area contributed by atoms with Crippen LogP contribution < -0.4 is 10.1 Å². The van der Waals surface area contributed by atoms with E-state index in [9.17, 15) is 0 Å². The maximum Gasteiger partial charge on any atom is 0.123 e. The Morgan fingerprint density at radius 3 is 2.61 bits per heavy atom. The first-order valence-electron chi connectivity index (χ1n) is 6.70. The summed E-state index contributed by atoms with van der Waals surface area (Å²) in [5.74, 6) is 0.972. The normalized spacial score (nSPS) is 24.4. The monoisotopic (exact) mass is 249 g/mol. The number of hydrogen-bond acceptors (Lipinski definition) is 3. The number of para-hydroxylation sites is 1. The van der Waals surface area contributed by atoms with Crippen LogP contribution in [0.4, 0.5) is 0 Å². The number of hydrogen-bond donors (Lipinski definition) is 1. The van der Waals surface area contributed by atoms with Crippen LogP contribution in [-0.2, 0) is 4.74 Å². The molecule has 0 radical (unpaired) electrons. The van der Waals surface area contributed by atoms with E-state index in [1.807, 2.05) is 12.1 Å². The van der Waals surface area contributed by atoms with Crippen molar-refractivity contribution < 1.29 is 9.47 Å². The van der Waals surface area contributed by atoms with Gasteiger partial charge in [-0.25, -0.2) is 0 Å². The first-order valence-corrected chi connectivity index (χ1v) is 6.70. The summed E-state index contributed by atoms with van der Waals surface area (Å²) < 4.78 is 10.8. The van der Waals surface area contributed by atoms with Crippen molar-refractivity contribution in [2.24, 2.45) is 0 Å². The molecule has 1 N–H and O–H groups in total. The summed E-state index contributed by atoms with van der Waals surface area (Å²) in [6, 6.07) is 9.19. The van der Waals surface area contributed by atoms with E-state index in [1.165, 1.54) is 5.56 Å². The van der Waals surface area contributed by atoms with Crippen molar-refractivity contribution in [1.82, 2.24) is 5.32 Å². The van der Waals surface area contributed by atoms with Crippen LogP contribution in [0.15, 0.2) is 24.3 Å². The fourth-order valence-electron chi connectivity index (χ4n) is 2.56. The summed E-state index contributed by atoms with van der Waals surface area (Å²) in [6.45, 7) is 2.20. The first kappa shape index (κ1) is 13.4. The molecule has 100 valence electrons. The van der Waals surface area contributed by atoms with Crippen LogP contribution in [0.25, 0.3) is 0 Å². The van der Waals surface area contributed by atoms with Gasteiger partial charge in [0.1, 0.15) is 5.75 Å². The van der Waals surface area contributed by atoms with E-state index in [4.69, 9.17) is 9.47 Å². The lowest BCUT2D eigenvalue weighted by molar-refractivity contribution is 0.0139. The van der Waals surface area contributed by atoms with Crippen molar-refractivity contribution in [3.8, 4) is 5.75 Å². The molecule has 3 heteroatoms. The minimum absolute atomic E-state index is 0.365. The summed E-state index contributed by atoms with van der Waals surface area (Å²) >= 11 is 0. The summed E-state index contributed by atoms with van der Waals surface area (Å²) in [6.07, 6.45) is 3.73. The number of rotatable bonds is 6. The molecule has 18 heavy (non-hydrogen) atoms. The Hall–Kier alpha value is -1.06. The molecule has 0 bridgehead atoms. The van der Waals surface area contributed by atoms with E-state index < -0.39 is 0 Å². The molecule has 0 amide bonds. The Bertz CT molecular complexity index is 375. The molecule has 1 saturated carbocycles. The summed E-state index contributed by atoms with van der Waals surface area (Å²) in [5, 5.41) is 3.70. The van der Waals surface area contributed by atoms with Crippen molar-refractivity contribution in [2.45, 2.75) is 44.4 Å². The van der Waals surface area contributed by atoms with Gasteiger partial charge >= 0.3 is 0 Å². The fraction of sp³-hybridized carbons (Fsp3) is 0.600. The van der Waals surface area contributed by atoms with Gasteiger partial charge in [-0.1, -0.05) is 25.1 Å². The van der Waals surface area contributed by atoms with Gasteiger partial charge in [0, 0.05) is 24.8 Å². The zero-order chi connectivity index (χ0) is 13.0. The van der Waals surface area contributed by atoms with Crippen LogP contribution in [-0.4, -0.2) is 26.4 Å². The minimum Gasteiger partial charge on any atom is -0.496 e. The highest BCUT2D eigenvalue weighted by atomic mass is 16.5. The first-order chi connectivity index (χ1) is 8.78. The zero-order valence-corrected chi connectivity index (χ0v) is 11.5. The van der Waals surface area contributed by atoms with Crippen LogP contribution >= 0.6 is 0 Å². The van der Waals surface area contributed by atoms with Crippen molar-refractivity contribution in [3.05, 3.63) is 29.8 Å². The third-order valence-corrected chi connectivity index (χ3v) is 3.79. The van der Waals surface area contributed by atoms with E-state index in [0.717, 1.165) is 25.0 Å². The van der Waals surface area contributed by atoms with Gasteiger partial charge in [0.05, 0.1) is 13.2 Å². The Balaban J connectivity index is 2.00. The second-order valence-corrected chi connectivity index (χ2v) is 4.90. The Morgan fingerprint density at radius 1 is 1.28 bits per heavy atom. The van der Waals surface area contributed by atoms with Gasteiger partial charge in [-0.05, 0) is 25.3 Å². The molecule has 1 unspecified atom stereocenters. The van der Waals surface area contributed by atoms with Crippen LogP contribution in [0.1, 0.15) is 37.8 Å². The highest BCUT2D eigenvalue weighted by Crippen LogP contribution is 2.31. The quantitative estimate of drug-likeness (QED) is 0.841. The molecule has 0 heterocycles.